The molecular formula is C18H19NO. The van der Waals surface area contributed by atoms with Crippen LogP contribution in [0.3, 0.4) is 0 Å². The molecule has 1 aromatic carbocycles. The molecule has 0 N–H and O–H groups in total. The minimum absolute atomic E-state index is 0.132. The lowest BCUT2D eigenvalue weighted by Gasteiger charge is -2.11. The highest BCUT2D eigenvalue weighted by molar-refractivity contribution is 5.55. The van der Waals surface area contributed by atoms with Gasteiger partial charge in [0.25, 0.3) is 5.56 Å². The van der Waals surface area contributed by atoms with E-state index in [-0.39, 0.29) is 5.56 Å². The lowest BCUT2D eigenvalue weighted by Crippen LogP contribution is -2.24. The molecule has 1 aliphatic carbocycles. The molecule has 1 aliphatic rings. The minimum Gasteiger partial charge on any atom is -0.310 e. The van der Waals surface area contributed by atoms with Crippen molar-refractivity contribution < 1.29 is 0 Å². The molecule has 0 saturated carbocycles. The maximum atomic E-state index is 12.6. The largest absolute Gasteiger partial charge is 0.310 e. The van der Waals surface area contributed by atoms with Crippen molar-refractivity contribution in [3.63, 3.8) is 0 Å². The van der Waals surface area contributed by atoms with Gasteiger partial charge in [-0.2, -0.15) is 0 Å². The summed E-state index contributed by atoms with van der Waals surface area (Å²) >= 11 is 0. The molecule has 3 rings (SSSR count). The van der Waals surface area contributed by atoms with Crippen LogP contribution in [-0.2, 0) is 19.4 Å². The molecule has 1 heterocycles. The minimum atomic E-state index is 0.132. The third-order valence-corrected chi connectivity index (χ3v) is 3.92. The molecule has 0 fully saturated rings. The molecule has 0 amide bonds. The Bertz CT molecular complexity index is 695. The summed E-state index contributed by atoms with van der Waals surface area (Å²) in [6.07, 6.45) is 9.28. The number of rotatable bonds is 3. The van der Waals surface area contributed by atoms with E-state index in [1.807, 2.05) is 41.8 Å². The fourth-order valence-electron chi connectivity index (χ4n) is 2.98. The molecule has 102 valence electrons. The van der Waals surface area contributed by atoms with Crippen molar-refractivity contribution >= 4 is 6.08 Å². The number of hydrogen-bond donors (Lipinski definition) is 0. The summed E-state index contributed by atoms with van der Waals surface area (Å²) in [5, 5.41) is 0. The number of allylic oxidation sites excluding steroid dienone is 1. The third-order valence-electron chi connectivity index (χ3n) is 3.92. The Labute approximate surface area is 119 Å². The van der Waals surface area contributed by atoms with Gasteiger partial charge in [0.15, 0.2) is 0 Å². The Hall–Kier alpha value is -2.09. The maximum Gasteiger partial charge on any atom is 0.258 e. The fourth-order valence-corrected chi connectivity index (χ4v) is 2.98. The first-order chi connectivity index (χ1) is 9.79. The summed E-state index contributed by atoms with van der Waals surface area (Å²) in [5.74, 6) is 0. The number of hydrogen-bond acceptors (Lipinski definition) is 1. The Morgan fingerprint density at radius 1 is 1.20 bits per heavy atom. The van der Waals surface area contributed by atoms with Crippen molar-refractivity contribution in [2.75, 3.05) is 0 Å². The normalized spacial score (nSPS) is 13.8. The lowest BCUT2D eigenvalue weighted by atomic mass is 10.1. The van der Waals surface area contributed by atoms with Gasteiger partial charge in [0, 0.05) is 11.8 Å². The summed E-state index contributed by atoms with van der Waals surface area (Å²) in [5.41, 5.74) is 4.79. The maximum absolute atomic E-state index is 12.6. The quantitative estimate of drug-likeness (QED) is 0.833. The molecule has 2 heteroatoms. The Morgan fingerprint density at radius 2 is 2.00 bits per heavy atom. The van der Waals surface area contributed by atoms with Crippen LogP contribution in [0.4, 0.5) is 0 Å². The first-order valence-electron chi connectivity index (χ1n) is 7.21. The molecule has 0 aliphatic heterocycles. The van der Waals surface area contributed by atoms with E-state index in [9.17, 15) is 4.79 Å². The van der Waals surface area contributed by atoms with Gasteiger partial charge in [-0.1, -0.05) is 42.5 Å². The molecule has 0 unspecified atom stereocenters. The third kappa shape index (κ3) is 2.34. The Kier molecular flexibility index (Phi) is 3.55. The average Bonchev–Trinajstić information content (AvgIpc) is 2.92. The molecular weight excluding hydrogens is 246 g/mol. The molecule has 0 spiro atoms. The van der Waals surface area contributed by atoms with E-state index in [1.54, 1.807) is 0 Å². The zero-order valence-electron chi connectivity index (χ0n) is 11.8. The summed E-state index contributed by atoms with van der Waals surface area (Å²) in [4.78, 5) is 12.6. The predicted molar refractivity (Wildman–Crippen MR) is 83.0 cm³/mol. The van der Waals surface area contributed by atoms with Crippen molar-refractivity contribution in [2.45, 2.75) is 32.7 Å². The van der Waals surface area contributed by atoms with Crippen molar-refractivity contribution in [3.8, 4) is 0 Å². The predicted octanol–water partition coefficient (Wildman–Crippen LogP) is 3.42. The Morgan fingerprint density at radius 3 is 2.75 bits per heavy atom. The molecule has 20 heavy (non-hydrogen) atoms. The van der Waals surface area contributed by atoms with Crippen molar-refractivity contribution in [2.24, 2.45) is 0 Å². The molecule has 0 atom stereocenters. The zero-order chi connectivity index (χ0) is 13.9. The van der Waals surface area contributed by atoms with Crippen LogP contribution in [0.25, 0.3) is 6.08 Å². The molecule has 2 aromatic rings. The summed E-state index contributed by atoms with van der Waals surface area (Å²) in [6, 6.07) is 10.2. The first kappa shape index (κ1) is 12.9. The second-order valence-electron chi connectivity index (χ2n) is 5.32. The monoisotopic (exact) mass is 265 g/mol. The van der Waals surface area contributed by atoms with Gasteiger partial charge in [-0.15, -0.1) is 0 Å². The number of fused-ring (bicyclic) bond motifs is 1. The summed E-state index contributed by atoms with van der Waals surface area (Å²) in [6.45, 7) is 2.62. The van der Waals surface area contributed by atoms with E-state index in [0.717, 1.165) is 24.8 Å². The van der Waals surface area contributed by atoms with Crippen LogP contribution in [-0.4, -0.2) is 4.57 Å². The molecule has 1 aromatic heterocycles. The van der Waals surface area contributed by atoms with Crippen LogP contribution in [0.1, 0.15) is 35.6 Å². The number of pyridine rings is 1. The molecule has 2 nitrogen and oxygen atoms in total. The van der Waals surface area contributed by atoms with Crippen molar-refractivity contribution in [3.05, 3.63) is 75.2 Å². The number of aryl methyl sites for hydroxylation is 1. The van der Waals surface area contributed by atoms with Gasteiger partial charge in [-0.05, 0) is 42.9 Å². The highest BCUT2D eigenvalue weighted by Gasteiger charge is 2.18. The summed E-state index contributed by atoms with van der Waals surface area (Å²) < 4.78 is 1.86. The number of benzene rings is 1. The van der Waals surface area contributed by atoms with Crippen molar-refractivity contribution in [1.29, 1.82) is 0 Å². The van der Waals surface area contributed by atoms with E-state index in [1.165, 1.54) is 16.7 Å². The van der Waals surface area contributed by atoms with Gasteiger partial charge in [-0.3, -0.25) is 4.79 Å². The second-order valence-corrected chi connectivity index (χ2v) is 5.32. The van der Waals surface area contributed by atoms with Crippen LogP contribution in [0.2, 0.25) is 0 Å². The Balaban J connectivity index is 2.08. The van der Waals surface area contributed by atoms with Gasteiger partial charge in [0.2, 0.25) is 0 Å². The van der Waals surface area contributed by atoms with E-state index in [2.05, 4.69) is 18.3 Å². The van der Waals surface area contributed by atoms with Crippen LogP contribution in [0.5, 0.6) is 0 Å². The first-order valence-corrected chi connectivity index (χ1v) is 7.21. The standard InChI is InChI=1S/C18H19NO/c1-2-7-17-16-11-6-10-15(16)13-19(18(17)20)12-14-8-4-3-5-9-14/h2-5,7-9,13H,6,10-12H2,1H3/b7-2+. The van der Waals surface area contributed by atoms with Crippen LogP contribution >= 0.6 is 0 Å². The number of aromatic nitrogens is 1. The fraction of sp³-hybridized carbons (Fsp3) is 0.278. The molecule has 0 bridgehead atoms. The highest BCUT2D eigenvalue weighted by Crippen LogP contribution is 2.24. The van der Waals surface area contributed by atoms with Crippen LogP contribution in [0, 0.1) is 0 Å². The van der Waals surface area contributed by atoms with Gasteiger partial charge < -0.3 is 4.57 Å². The van der Waals surface area contributed by atoms with Gasteiger partial charge in [0.05, 0.1) is 6.54 Å². The van der Waals surface area contributed by atoms with Gasteiger partial charge in [-0.25, -0.2) is 0 Å². The second kappa shape index (κ2) is 5.49. The van der Waals surface area contributed by atoms with Crippen molar-refractivity contribution in [1.82, 2.24) is 4.57 Å². The average molecular weight is 265 g/mol. The zero-order valence-corrected chi connectivity index (χ0v) is 11.8. The smallest absolute Gasteiger partial charge is 0.258 e. The topological polar surface area (TPSA) is 22.0 Å². The van der Waals surface area contributed by atoms with Gasteiger partial charge >= 0.3 is 0 Å². The number of nitrogens with zero attached hydrogens (tertiary/aromatic N) is 1. The van der Waals surface area contributed by atoms with Crippen LogP contribution < -0.4 is 5.56 Å². The lowest BCUT2D eigenvalue weighted by molar-refractivity contribution is 0.748. The summed E-state index contributed by atoms with van der Waals surface area (Å²) in [7, 11) is 0. The highest BCUT2D eigenvalue weighted by atomic mass is 16.1. The van der Waals surface area contributed by atoms with E-state index < -0.39 is 0 Å². The SMILES string of the molecule is C/C=C/c1c2c(cn(Cc3ccccc3)c1=O)CCC2. The van der Waals surface area contributed by atoms with E-state index in [4.69, 9.17) is 0 Å². The van der Waals surface area contributed by atoms with E-state index in [0.29, 0.717) is 6.54 Å². The van der Waals surface area contributed by atoms with Gasteiger partial charge in [0.1, 0.15) is 0 Å². The molecule has 0 saturated heterocycles. The van der Waals surface area contributed by atoms with E-state index >= 15 is 0 Å². The molecule has 0 radical (unpaired) electrons. The van der Waals surface area contributed by atoms with Crippen LogP contribution in [0.15, 0.2) is 47.4 Å².